The first-order chi connectivity index (χ1) is 9.87. The molecule has 0 spiro atoms. The third-order valence-corrected chi connectivity index (χ3v) is 4.41. The van der Waals surface area contributed by atoms with Crippen LogP contribution in [-0.4, -0.2) is 62.7 Å². The predicted molar refractivity (Wildman–Crippen MR) is 79.0 cm³/mol. The Kier molecular flexibility index (Phi) is 7.58. The number of hydrogen-bond acceptors (Lipinski definition) is 4. The van der Waals surface area contributed by atoms with Gasteiger partial charge in [-0.15, -0.1) is 0 Å². The number of carbonyl (C=O) groups excluding carboxylic acids is 1. The van der Waals surface area contributed by atoms with Crippen molar-refractivity contribution in [3.63, 3.8) is 0 Å². The highest BCUT2D eigenvalue weighted by Gasteiger charge is 2.30. The maximum atomic E-state index is 11.5. The SMILES string of the molecule is CCCC(=O)NCC[N+]1(CCOS(=O)(=O)O)CCCCC1. The van der Waals surface area contributed by atoms with Crippen LogP contribution in [0.5, 0.6) is 0 Å². The van der Waals surface area contributed by atoms with Gasteiger partial charge >= 0.3 is 10.4 Å². The minimum absolute atomic E-state index is 0.0261. The first-order valence-corrected chi connectivity index (χ1v) is 8.97. The van der Waals surface area contributed by atoms with E-state index in [1.54, 1.807) is 0 Å². The van der Waals surface area contributed by atoms with E-state index in [9.17, 15) is 13.2 Å². The Morgan fingerprint density at radius 3 is 2.48 bits per heavy atom. The van der Waals surface area contributed by atoms with E-state index in [0.717, 1.165) is 43.4 Å². The summed E-state index contributed by atoms with van der Waals surface area (Å²) >= 11 is 0. The van der Waals surface area contributed by atoms with Gasteiger partial charge in [-0.2, -0.15) is 8.42 Å². The summed E-state index contributed by atoms with van der Waals surface area (Å²) in [6.07, 6.45) is 4.73. The van der Waals surface area contributed by atoms with Gasteiger partial charge in [-0.3, -0.25) is 9.35 Å². The van der Waals surface area contributed by atoms with E-state index in [4.69, 9.17) is 4.55 Å². The molecule has 1 rings (SSSR count). The van der Waals surface area contributed by atoms with Crippen molar-refractivity contribution in [1.29, 1.82) is 0 Å². The van der Waals surface area contributed by atoms with Gasteiger partial charge in [-0.1, -0.05) is 6.92 Å². The van der Waals surface area contributed by atoms with E-state index in [2.05, 4.69) is 9.50 Å². The minimum Gasteiger partial charge on any atom is -0.350 e. The summed E-state index contributed by atoms with van der Waals surface area (Å²) in [5.74, 6) is 0.0573. The number of rotatable bonds is 9. The summed E-state index contributed by atoms with van der Waals surface area (Å²) in [7, 11) is -4.37. The summed E-state index contributed by atoms with van der Waals surface area (Å²) in [4.78, 5) is 11.5. The van der Waals surface area contributed by atoms with Crippen molar-refractivity contribution < 1.29 is 26.4 Å². The average molecular weight is 323 g/mol. The molecule has 1 amide bonds. The van der Waals surface area contributed by atoms with Crippen molar-refractivity contribution in [2.45, 2.75) is 39.0 Å². The molecule has 124 valence electrons. The highest BCUT2D eigenvalue weighted by molar-refractivity contribution is 7.80. The van der Waals surface area contributed by atoms with E-state index in [1.165, 1.54) is 6.42 Å². The van der Waals surface area contributed by atoms with Gasteiger partial charge in [0.05, 0.1) is 26.2 Å². The number of nitrogens with zero attached hydrogens (tertiary/aromatic N) is 1. The Labute approximate surface area is 127 Å². The molecule has 8 heteroatoms. The Morgan fingerprint density at radius 2 is 1.90 bits per heavy atom. The lowest BCUT2D eigenvalue weighted by Crippen LogP contribution is -2.56. The molecular weight excluding hydrogens is 296 g/mol. The molecule has 0 bridgehead atoms. The van der Waals surface area contributed by atoms with Crippen molar-refractivity contribution in [2.75, 3.05) is 39.3 Å². The number of quaternary nitrogens is 1. The normalized spacial score (nSPS) is 18.4. The Balaban J connectivity index is 2.44. The van der Waals surface area contributed by atoms with Crippen LogP contribution in [0.3, 0.4) is 0 Å². The Bertz CT molecular complexity index is 418. The number of likely N-dealkylation sites (tertiary alicyclic amines) is 1. The number of nitrogens with one attached hydrogen (secondary N) is 1. The molecule has 0 aromatic carbocycles. The molecule has 7 nitrogen and oxygen atoms in total. The molecule has 0 saturated carbocycles. The van der Waals surface area contributed by atoms with Crippen LogP contribution < -0.4 is 5.32 Å². The van der Waals surface area contributed by atoms with Crippen molar-refractivity contribution in [3.8, 4) is 0 Å². The van der Waals surface area contributed by atoms with Gasteiger partial charge in [0, 0.05) is 6.42 Å². The van der Waals surface area contributed by atoms with Crippen molar-refractivity contribution >= 4 is 16.3 Å². The zero-order chi connectivity index (χ0) is 15.8. The van der Waals surface area contributed by atoms with Crippen LogP contribution in [0.4, 0.5) is 0 Å². The number of carbonyl (C=O) groups is 1. The fourth-order valence-corrected chi connectivity index (χ4v) is 3.11. The molecule has 1 heterocycles. The maximum Gasteiger partial charge on any atom is 0.397 e. The molecule has 1 aliphatic rings. The minimum atomic E-state index is -4.37. The van der Waals surface area contributed by atoms with E-state index in [1.807, 2.05) is 6.92 Å². The van der Waals surface area contributed by atoms with Crippen molar-refractivity contribution in [2.24, 2.45) is 0 Å². The molecule has 0 unspecified atom stereocenters. The predicted octanol–water partition coefficient (Wildman–Crippen LogP) is 0.723. The molecule has 1 saturated heterocycles. The molecule has 0 radical (unpaired) electrons. The molecular formula is C13H27N2O5S+. The van der Waals surface area contributed by atoms with E-state index in [0.29, 0.717) is 19.5 Å². The summed E-state index contributed by atoms with van der Waals surface area (Å²) in [6, 6.07) is 0. The monoisotopic (exact) mass is 323 g/mol. The van der Waals surface area contributed by atoms with Crippen LogP contribution >= 0.6 is 0 Å². The lowest BCUT2D eigenvalue weighted by Gasteiger charge is -2.41. The third-order valence-electron chi connectivity index (χ3n) is 3.95. The zero-order valence-electron chi connectivity index (χ0n) is 12.7. The second kappa shape index (κ2) is 8.67. The van der Waals surface area contributed by atoms with Crippen LogP contribution in [0.15, 0.2) is 0 Å². The molecule has 21 heavy (non-hydrogen) atoms. The Hall–Kier alpha value is -0.700. The molecule has 2 N–H and O–H groups in total. The maximum absolute atomic E-state index is 11.5. The molecule has 1 aliphatic heterocycles. The molecule has 0 aromatic rings. The van der Waals surface area contributed by atoms with Crippen LogP contribution in [0.1, 0.15) is 39.0 Å². The third kappa shape index (κ3) is 7.75. The van der Waals surface area contributed by atoms with Crippen molar-refractivity contribution in [3.05, 3.63) is 0 Å². The van der Waals surface area contributed by atoms with Crippen LogP contribution in [0, 0.1) is 0 Å². The number of hydrogen-bond donors (Lipinski definition) is 2. The van der Waals surface area contributed by atoms with Crippen LogP contribution in [0.25, 0.3) is 0 Å². The standard InChI is InChI=1S/C13H26N2O5S/c1-2-6-13(16)14-7-10-15(8-4-3-5-9-15)11-12-20-21(17,18)19/h2-12H2,1H3,(H-,14,16,17,18,19)/p+1. The van der Waals surface area contributed by atoms with Gasteiger partial charge in [-0.05, 0) is 25.7 Å². The molecule has 0 aliphatic carbocycles. The second-order valence-corrected chi connectivity index (χ2v) is 6.74. The molecule has 1 fully saturated rings. The average Bonchev–Trinajstić information content (AvgIpc) is 2.38. The van der Waals surface area contributed by atoms with E-state index < -0.39 is 10.4 Å². The first kappa shape index (κ1) is 18.3. The molecule has 0 aromatic heterocycles. The summed E-state index contributed by atoms with van der Waals surface area (Å²) in [6.45, 7) is 5.74. The first-order valence-electron chi connectivity index (χ1n) is 7.60. The van der Waals surface area contributed by atoms with Gasteiger partial charge in [-0.25, -0.2) is 4.18 Å². The van der Waals surface area contributed by atoms with Gasteiger partial charge in [0.1, 0.15) is 13.2 Å². The van der Waals surface area contributed by atoms with Gasteiger partial charge in [0.25, 0.3) is 0 Å². The highest BCUT2D eigenvalue weighted by Crippen LogP contribution is 2.18. The van der Waals surface area contributed by atoms with Crippen LogP contribution in [0.2, 0.25) is 0 Å². The Morgan fingerprint density at radius 1 is 1.24 bits per heavy atom. The second-order valence-electron chi connectivity index (χ2n) is 5.65. The van der Waals surface area contributed by atoms with Gasteiger partial charge in [0.15, 0.2) is 0 Å². The highest BCUT2D eigenvalue weighted by atomic mass is 32.3. The van der Waals surface area contributed by atoms with Gasteiger partial charge in [0.2, 0.25) is 5.91 Å². The largest absolute Gasteiger partial charge is 0.397 e. The lowest BCUT2D eigenvalue weighted by atomic mass is 10.1. The zero-order valence-corrected chi connectivity index (χ0v) is 13.5. The number of piperidine rings is 1. The van der Waals surface area contributed by atoms with E-state index >= 15 is 0 Å². The quantitative estimate of drug-likeness (QED) is 0.482. The fraction of sp³-hybridized carbons (Fsp3) is 0.923. The molecule has 0 atom stereocenters. The number of amides is 1. The smallest absolute Gasteiger partial charge is 0.350 e. The van der Waals surface area contributed by atoms with Crippen molar-refractivity contribution in [1.82, 2.24) is 5.32 Å². The van der Waals surface area contributed by atoms with Gasteiger partial charge < -0.3 is 9.80 Å². The lowest BCUT2D eigenvalue weighted by molar-refractivity contribution is -0.931. The summed E-state index contributed by atoms with van der Waals surface area (Å²) in [5, 5.41) is 2.90. The topological polar surface area (TPSA) is 92.7 Å². The summed E-state index contributed by atoms with van der Waals surface area (Å²) in [5.41, 5.74) is 0. The van der Waals surface area contributed by atoms with E-state index in [-0.39, 0.29) is 12.5 Å². The van der Waals surface area contributed by atoms with Crippen LogP contribution in [-0.2, 0) is 19.4 Å². The fourth-order valence-electron chi connectivity index (χ4n) is 2.83. The summed E-state index contributed by atoms with van der Waals surface area (Å²) < 4.78 is 35.1.